The molecule has 8 nitrogen and oxygen atoms in total. The average Bonchev–Trinajstić information content (AvgIpc) is 3.12. The van der Waals surface area contributed by atoms with E-state index in [1.54, 1.807) is 19.9 Å². The van der Waals surface area contributed by atoms with Crippen LogP contribution in [0.5, 0.6) is 6.01 Å². The molecular weight excluding hydrogens is 434 g/mol. The van der Waals surface area contributed by atoms with Crippen molar-refractivity contribution in [2.24, 2.45) is 0 Å². The smallest absolute Gasteiger partial charge is 0.296 e. The second-order valence-electron chi connectivity index (χ2n) is 8.22. The summed E-state index contributed by atoms with van der Waals surface area (Å²) in [5, 5.41) is 29.6. The maximum atomic E-state index is 10.1. The Balaban J connectivity index is 1.50. The number of aliphatic hydroxyl groups excluding tert-OH is 2. The van der Waals surface area contributed by atoms with Gasteiger partial charge in [0.2, 0.25) is 0 Å². The highest BCUT2D eigenvalue weighted by molar-refractivity contribution is 6.32. The van der Waals surface area contributed by atoms with Crippen LogP contribution in [0.1, 0.15) is 37.1 Å². The molecule has 0 spiro atoms. The third-order valence-corrected chi connectivity index (χ3v) is 5.50. The van der Waals surface area contributed by atoms with Gasteiger partial charge in [0.15, 0.2) is 5.65 Å². The zero-order valence-corrected chi connectivity index (χ0v) is 18.4. The van der Waals surface area contributed by atoms with E-state index in [0.29, 0.717) is 28.3 Å². The average molecular weight is 458 g/mol. The second kappa shape index (κ2) is 9.06. The fourth-order valence-electron chi connectivity index (χ4n) is 3.38. The quantitative estimate of drug-likeness (QED) is 0.443. The highest BCUT2D eigenvalue weighted by Crippen LogP contribution is 2.24. The number of aliphatic hydroxyl groups is 3. The van der Waals surface area contributed by atoms with E-state index in [2.05, 4.69) is 26.8 Å². The summed E-state index contributed by atoms with van der Waals surface area (Å²) in [5.74, 6) is 5.98. The number of hydrogen-bond donors (Lipinski definition) is 4. The number of rotatable bonds is 4. The molecule has 2 aromatic heterocycles. The van der Waals surface area contributed by atoms with Crippen molar-refractivity contribution in [1.82, 2.24) is 15.0 Å². The lowest BCUT2D eigenvalue weighted by Gasteiger charge is -2.31. The Bertz CT molecular complexity index is 1160. The van der Waals surface area contributed by atoms with Gasteiger partial charge < -0.3 is 29.8 Å². The van der Waals surface area contributed by atoms with Crippen molar-refractivity contribution < 1.29 is 24.8 Å². The minimum absolute atomic E-state index is 0.233. The molecule has 1 saturated heterocycles. The van der Waals surface area contributed by atoms with Gasteiger partial charge in [0.1, 0.15) is 17.9 Å². The van der Waals surface area contributed by atoms with E-state index in [1.807, 2.05) is 24.3 Å². The van der Waals surface area contributed by atoms with Gasteiger partial charge in [-0.15, -0.1) is 0 Å². The van der Waals surface area contributed by atoms with Gasteiger partial charge in [-0.2, -0.15) is 4.98 Å². The van der Waals surface area contributed by atoms with E-state index in [1.165, 1.54) is 0 Å². The Labute approximate surface area is 190 Å². The van der Waals surface area contributed by atoms with E-state index >= 15 is 0 Å². The van der Waals surface area contributed by atoms with Gasteiger partial charge in [-0.25, -0.2) is 4.98 Å². The van der Waals surface area contributed by atoms with Crippen LogP contribution in [0.15, 0.2) is 30.3 Å². The largest absolute Gasteiger partial charge is 0.459 e. The molecule has 9 heteroatoms. The fraction of sp³-hybridized carbons (Fsp3) is 0.391. The van der Waals surface area contributed by atoms with Gasteiger partial charge in [-0.1, -0.05) is 29.7 Å². The van der Waals surface area contributed by atoms with Crippen LogP contribution in [-0.2, 0) is 10.3 Å². The first-order valence-electron chi connectivity index (χ1n) is 10.2. The number of benzene rings is 1. The second-order valence-corrected chi connectivity index (χ2v) is 8.62. The standard InChI is InChI=1S/C23H24ClN3O5/c1-23(2,30)14-6-3-13(4-7-14)5-8-17-16(24)10-18-21(25-17)27-22(26-18)32-15-9-19(29)20(11-28)31-12-15/h3-4,6-7,10,15,19-20,28-30H,9,11-12H2,1-2H3,(H,25,26,27)/t15-,19+,20-/m1/s1. The SMILES string of the molecule is CC(C)(O)c1ccc(C#Cc2nc3nc(O[C@H]4CO[C@H](CO)[C@@H](O)C4)[nH]c3cc2Cl)cc1. The summed E-state index contributed by atoms with van der Waals surface area (Å²) >= 11 is 6.34. The lowest BCUT2D eigenvalue weighted by Crippen LogP contribution is -2.45. The number of H-pyrrole nitrogens is 1. The van der Waals surface area contributed by atoms with Crippen LogP contribution in [0.2, 0.25) is 5.02 Å². The molecule has 168 valence electrons. The zero-order chi connectivity index (χ0) is 22.9. The molecule has 0 unspecified atom stereocenters. The summed E-state index contributed by atoms with van der Waals surface area (Å²) in [5.41, 5.74) is 2.02. The minimum atomic E-state index is -0.913. The van der Waals surface area contributed by atoms with Gasteiger partial charge in [0, 0.05) is 12.0 Å². The molecule has 1 fully saturated rings. The van der Waals surface area contributed by atoms with Gasteiger partial charge in [-0.05, 0) is 43.5 Å². The Morgan fingerprint density at radius 1 is 1.25 bits per heavy atom. The molecule has 1 aliphatic heterocycles. The molecule has 0 aliphatic carbocycles. The van der Waals surface area contributed by atoms with E-state index in [0.717, 1.165) is 11.1 Å². The first-order chi connectivity index (χ1) is 15.2. The van der Waals surface area contributed by atoms with Crippen LogP contribution in [-0.4, -0.2) is 61.8 Å². The van der Waals surface area contributed by atoms with E-state index in [9.17, 15) is 10.2 Å². The van der Waals surface area contributed by atoms with Gasteiger partial charge in [0.25, 0.3) is 6.01 Å². The third kappa shape index (κ3) is 5.04. The van der Waals surface area contributed by atoms with Crippen molar-refractivity contribution in [2.45, 2.75) is 44.2 Å². The lowest BCUT2D eigenvalue weighted by atomic mass is 9.97. The molecule has 4 N–H and O–H groups in total. The Morgan fingerprint density at radius 3 is 2.66 bits per heavy atom. The summed E-state index contributed by atoms with van der Waals surface area (Å²) in [4.78, 5) is 11.8. The molecule has 1 aliphatic rings. The molecule has 0 amide bonds. The first kappa shape index (κ1) is 22.5. The third-order valence-electron chi connectivity index (χ3n) is 5.21. The minimum Gasteiger partial charge on any atom is -0.459 e. The molecule has 3 atom stereocenters. The molecule has 32 heavy (non-hydrogen) atoms. The number of pyridine rings is 1. The first-order valence-corrected chi connectivity index (χ1v) is 10.6. The number of hydrogen-bond acceptors (Lipinski definition) is 7. The molecule has 3 heterocycles. The lowest BCUT2D eigenvalue weighted by molar-refractivity contribution is -0.131. The van der Waals surface area contributed by atoms with E-state index < -0.39 is 23.9 Å². The summed E-state index contributed by atoms with van der Waals surface area (Å²) in [7, 11) is 0. The molecule has 0 saturated carbocycles. The van der Waals surface area contributed by atoms with Crippen molar-refractivity contribution in [1.29, 1.82) is 0 Å². The number of aromatic amines is 1. The highest BCUT2D eigenvalue weighted by Gasteiger charge is 2.31. The highest BCUT2D eigenvalue weighted by atomic mass is 35.5. The molecular formula is C23H24ClN3O5. The predicted octanol–water partition coefficient (Wildman–Crippen LogP) is 2.13. The number of fused-ring (bicyclic) bond motifs is 1. The summed E-state index contributed by atoms with van der Waals surface area (Å²) in [6.07, 6.45) is -1.50. The zero-order valence-electron chi connectivity index (χ0n) is 17.7. The molecule has 0 radical (unpaired) electrons. The molecule has 4 rings (SSSR count). The van der Waals surface area contributed by atoms with Crippen LogP contribution in [0.3, 0.4) is 0 Å². The number of halogens is 1. The van der Waals surface area contributed by atoms with Crippen molar-refractivity contribution >= 4 is 22.8 Å². The fourth-order valence-corrected chi connectivity index (χ4v) is 3.58. The van der Waals surface area contributed by atoms with Crippen molar-refractivity contribution in [2.75, 3.05) is 13.2 Å². The molecule has 1 aromatic carbocycles. The van der Waals surface area contributed by atoms with Gasteiger partial charge in [0.05, 0.1) is 35.5 Å². The maximum Gasteiger partial charge on any atom is 0.296 e. The van der Waals surface area contributed by atoms with Crippen LogP contribution in [0.25, 0.3) is 11.2 Å². The predicted molar refractivity (Wildman–Crippen MR) is 118 cm³/mol. The Morgan fingerprint density at radius 2 is 2.00 bits per heavy atom. The number of nitrogens with one attached hydrogen (secondary N) is 1. The van der Waals surface area contributed by atoms with Crippen LogP contribution >= 0.6 is 11.6 Å². The van der Waals surface area contributed by atoms with Crippen LogP contribution < -0.4 is 4.74 Å². The molecule has 3 aromatic rings. The monoisotopic (exact) mass is 457 g/mol. The summed E-state index contributed by atoms with van der Waals surface area (Å²) < 4.78 is 11.2. The van der Waals surface area contributed by atoms with E-state index in [-0.39, 0.29) is 19.2 Å². The number of ether oxygens (including phenoxy) is 2. The Hall–Kier alpha value is -2.67. The van der Waals surface area contributed by atoms with Crippen molar-refractivity contribution in [3.63, 3.8) is 0 Å². The maximum absolute atomic E-state index is 10.1. The van der Waals surface area contributed by atoms with Crippen LogP contribution in [0, 0.1) is 11.8 Å². The topological polar surface area (TPSA) is 121 Å². The number of aromatic nitrogens is 3. The van der Waals surface area contributed by atoms with E-state index in [4.69, 9.17) is 26.2 Å². The number of imidazole rings is 1. The van der Waals surface area contributed by atoms with Gasteiger partial charge >= 0.3 is 0 Å². The van der Waals surface area contributed by atoms with Gasteiger partial charge in [-0.3, -0.25) is 0 Å². The normalized spacial score (nSPS) is 21.2. The summed E-state index contributed by atoms with van der Waals surface area (Å²) in [6, 6.07) is 9.23. The molecule has 0 bridgehead atoms. The Kier molecular flexibility index (Phi) is 6.38. The van der Waals surface area contributed by atoms with Crippen molar-refractivity contribution in [3.8, 4) is 17.9 Å². The van der Waals surface area contributed by atoms with Crippen molar-refractivity contribution in [3.05, 3.63) is 52.2 Å². The summed E-state index contributed by atoms with van der Waals surface area (Å²) in [6.45, 7) is 3.44. The van der Waals surface area contributed by atoms with Crippen LogP contribution in [0.4, 0.5) is 0 Å². The number of nitrogens with zero attached hydrogens (tertiary/aromatic N) is 2.